The standard InChI is InChI=1S/C8H12N6O2S2/c1-4(6-10-3-11-13-6)14-18(15,16)7-5(2)12-8(9)17-7/h3-4,14H,1-2H3,(H2,9,12)(H,10,11,13). The maximum Gasteiger partial charge on any atom is 0.252 e. The number of aromatic nitrogens is 4. The van der Waals surface area contributed by atoms with Gasteiger partial charge in [-0.25, -0.2) is 18.4 Å². The topological polar surface area (TPSA) is 127 Å². The van der Waals surface area contributed by atoms with E-state index in [9.17, 15) is 8.42 Å². The van der Waals surface area contributed by atoms with Gasteiger partial charge in [0.1, 0.15) is 12.2 Å². The Morgan fingerprint density at radius 3 is 2.78 bits per heavy atom. The first-order valence-electron chi connectivity index (χ1n) is 5.00. The van der Waals surface area contributed by atoms with Crippen LogP contribution in [0, 0.1) is 6.92 Å². The van der Waals surface area contributed by atoms with Crippen LogP contribution >= 0.6 is 11.3 Å². The second-order valence-electron chi connectivity index (χ2n) is 3.64. The number of nitrogens with zero attached hydrogens (tertiary/aromatic N) is 3. The smallest absolute Gasteiger partial charge is 0.252 e. The molecule has 0 aliphatic rings. The Labute approximate surface area is 108 Å². The van der Waals surface area contributed by atoms with Crippen molar-refractivity contribution in [1.82, 2.24) is 24.9 Å². The van der Waals surface area contributed by atoms with Crippen LogP contribution in [0.4, 0.5) is 5.13 Å². The van der Waals surface area contributed by atoms with Crippen molar-refractivity contribution < 1.29 is 8.42 Å². The zero-order valence-electron chi connectivity index (χ0n) is 9.71. The Hall–Kier alpha value is -1.52. The number of nitrogens with one attached hydrogen (secondary N) is 2. The van der Waals surface area contributed by atoms with Crippen LogP contribution in [0.5, 0.6) is 0 Å². The van der Waals surface area contributed by atoms with E-state index < -0.39 is 16.1 Å². The average Bonchev–Trinajstić information content (AvgIpc) is 2.86. The molecular formula is C8H12N6O2S2. The molecule has 1 atom stereocenters. The third-order valence-corrected chi connectivity index (χ3v) is 5.33. The van der Waals surface area contributed by atoms with Gasteiger partial charge in [-0.3, -0.25) is 5.10 Å². The minimum Gasteiger partial charge on any atom is -0.375 e. The molecule has 18 heavy (non-hydrogen) atoms. The molecule has 0 radical (unpaired) electrons. The monoisotopic (exact) mass is 288 g/mol. The highest BCUT2D eigenvalue weighted by molar-refractivity contribution is 7.91. The largest absolute Gasteiger partial charge is 0.375 e. The number of thiazole rings is 1. The lowest BCUT2D eigenvalue weighted by molar-refractivity contribution is 0.561. The van der Waals surface area contributed by atoms with E-state index in [4.69, 9.17) is 5.73 Å². The first-order valence-corrected chi connectivity index (χ1v) is 7.30. The molecular weight excluding hydrogens is 276 g/mol. The molecule has 1 unspecified atom stereocenters. The zero-order chi connectivity index (χ0) is 13.3. The van der Waals surface area contributed by atoms with Crippen molar-refractivity contribution in [2.45, 2.75) is 24.1 Å². The van der Waals surface area contributed by atoms with E-state index in [1.165, 1.54) is 6.33 Å². The fraction of sp³-hybridized carbons (Fsp3) is 0.375. The molecule has 0 saturated heterocycles. The summed E-state index contributed by atoms with van der Waals surface area (Å²) in [5.74, 6) is 0.439. The minimum atomic E-state index is -3.66. The van der Waals surface area contributed by atoms with Crippen molar-refractivity contribution in [2.75, 3.05) is 5.73 Å². The Morgan fingerprint density at radius 1 is 1.56 bits per heavy atom. The van der Waals surface area contributed by atoms with E-state index in [-0.39, 0.29) is 9.34 Å². The van der Waals surface area contributed by atoms with Crippen molar-refractivity contribution in [3.8, 4) is 0 Å². The third kappa shape index (κ3) is 2.49. The highest BCUT2D eigenvalue weighted by Gasteiger charge is 2.24. The number of sulfonamides is 1. The van der Waals surface area contributed by atoms with E-state index in [1.54, 1.807) is 13.8 Å². The molecule has 0 bridgehead atoms. The summed E-state index contributed by atoms with van der Waals surface area (Å²) in [4.78, 5) is 7.78. The van der Waals surface area contributed by atoms with Crippen LogP contribution < -0.4 is 10.5 Å². The molecule has 2 aromatic heterocycles. The van der Waals surface area contributed by atoms with Gasteiger partial charge in [-0.15, -0.1) is 0 Å². The summed E-state index contributed by atoms with van der Waals surface area (Å²) >= 11 is 0.931. The van der Waals surface area contributed by atoms with Gasteiger partial charge in [0.05, 0.1) is 11.7 Å². The second-order valence-corrected chi connectivity index (χ2v) is 6.58. The number of anilines is 1. The Morgan fingerprint density at radius 2 is 2.28 bits per heavy atom. The molecule has 2 heterocycles. The summed E-state index contributed by atoms with van der Waals surface area (Å²) in [6.45, 7) is 3.26. The van der Waals surface area contributed by atoms with Gasteiger partial charge in [-0.05, 0) is 13.8 Å². The van der Waals surface area contributed by atoms with Crippen molar-refractivity contribution in [3.63, 3.8) is 0 Å². The molecule has 0 aliphatic heterocycles. The van der Waals surface area contributed by atoms with Crippen LogP contribution in [-0.4, -0.2) is 28.6 Å². The number of hydrogen-bond acceptors (Lipinski definition) is 7. The minimum absolute atomic E-state index is 0.117. The summed E-state index contributed by atoms with van der Waals surface area (Å²) < 4.78 is 26.8. The normalized spacial score (nSPS) is 13.7. The summed E-state index contributed by atoms with van der Waals surface area (Å²) in [6, 6.07) is -0.514. The van der Waals surface area contributed by atoms with Crippen LogP contribution in [0.2, 0.25) is 0 Å². The lowest BCUT2D eigenvalue weighted by atomic mass is 10.3. The first-order chi connectivity index (χ1) is 8.40. The number of nitrogens with two attached hydrogens (primary N) is 1. The SMILES string of the molecule is Cc1nc(N)sc1S(=O)(=O)NC(C)c1ncn[nH]1. The highest BCUT2D eigenvalue weighted by Crippen LogP contribution is 2.25. The molecule has 10 heteroatoms. The van der Waals surface area contributed by atoms with E-state index in [2.05, 4.69) is 24.9 Å². The predicted molar refractivity (Wildman–Crippen MR) is 66.4 cm³/mol. The predicted octanol–water partition coefficient (Wildman–Crippen LogP) is 0.191. The Balaban J connectivity index is 2.25. The van der Waals surface area contributed by atoms with E-state index >= 15 is 0 Å². The van der Waals surface area contributed by atoms with Gasteiger partial charge in [-0.1, -0.05) is 11.3 Å². The lowest BCUT2D eigenvalue weighted by Gasteiger charge is -2.10. The average molecular weight is 288 g/mol. The number of rotatable bonds is 4. The molecule has 0 aliphatic carbocycles. The number of nitrogen functional groups attached to an aromatic ring is 1. The van der Waals surface area contributed by atoms with Gasteiger partial charge in [0, 0.05) is 0 Å². The molecule has 8 nitrogen and oxygen atoms in total. The van der Waals surface area contributed by atoms with Gasteiger partial charge in [-0.2, -0.15) is 9.82 Å². The van der Waals surface area contributed by atoms with Crippen LogP contribution in [0.3, 0.4) is 0 Å². The maximum atomic E-state index is 12.1. The molecule has 0 amide bonds. The van der Waals surface area contributed by atoms with Crippen LogP contribution in [0.1, 0.15) is 24.5 Å². The number of H-pyrrole nitrogens is 1. The zero-order valence-corrected chi connectivity index (χ0v) is 11.3. The second kappa shape index (κ2) is 4.63. The van der Waals surface area contributed by atoms with E-state index in [1.807, 2.05) is 0 Å². The van der Waals surface area contributed by atoms with Gasteiger partial charge in [0.15, 0.2) is 9.34 Å². The molecule has 98 valence electrons. The molecule has 2 aromatic rings. The van der Waals surface area contributed by atoms with E-state index in [0.717, 1.165) is 11.3 Å². The fourth-order valence-electron chi connectivity index (χ4n) is 1.42. The number of aryl methyl sites for hydroxylation is 1. The van der Waals surface area contributed by atoms with Crippen LogP contribution in [-0.2, 0) is 10.0 Å². The maximum absolute atomic E-state index is 12.1. The molecule has 4 N–H and O–H groups in total. The summed E-state index contributed by atoms with van der Waals surface area (Å²) in [5.41, 5.74) is 5.87. The van der Waals surface area contributed by atoms with Gasteiger partial charge < -0.3 is 5.73 Å². The molecule has 2 rings (SSSR count). The fourth-order valence-corrected chi connectivity index (χ4v) is 3.94. The lowest BCUT2D eigenvalue weighted by Crippen LogP contribution is -2.27. The van der Waals surface area contributed by atoms with Crippen molar-refractivity contribution in [3.05, 3.63) is 17.8 Å². The molecule has 0 saturated carbocycles. The van der Waals surface area contributed by atoms with Crippen LogP contribution in [0.25, 0.3) is 0 Å². The van der Waals surface area contributed by atoms with Gasteiger partial charge in [0.25, 0.3) is 10.0 Å². The van der Waals surface area contributed by atoms with Crippen LogP contribution in [0.15, 0.2) is 10.5 Å². The summed E-state index contributed by atoms with van der Waals surface area (Å²) in [7, 11) is -3.66. The first kappa shape index (κ1) is 12.9. The molecule has 0 spiro atoms. The quantitative estimate of drug-likeness (QED) is 0.737. The summed E-state index contributed by atoms with van der Waals surface area (Å²) in [6.07, 6.45) is 1.32. The Kier molecular flexibility index (Phi) is 3.32. The van der Waals surface area contributed by atoms with Gasteiger partial charge in [0.2, 0.25) is 0 Å². The third-order valence-electron chi connectivity index (χ3n) is 2.19. The van der Waals surface area contributed by atoms with Crippen molar-refractivity contribution in [2.24, 2.45) is 0 Å². The van der Waals surface area contributed by atoms with Crippen molar-refractivity contribution in [1.29, 1.82) is 0 Å². The Bertz CT molecular complexity index is 633. The van der Waals surface area contributed by atoms with Gasteiger partial charge >= 0.3 is 0 Å². The number of hydrogen-bond donors (Lipinski definition) is 3. The summed E-state index contributed by atoms with van der Waals surface area (Å²) in [5, 5.41) is 6.50. The van der Waals surface area contributed by atoms with E-state index in [0.29, 0.717) is 11.5 Å². The molecule has 0 aromatic carbocycles. The highest BCUT2D eigenvalue weighted by atomic mass is 32.2. The molecule has 0 fully saturated rings. The van der Waals surface area contributed by atoms with Crippen molar-refractivity contribution >= 4 is 26.5 Å². The number of aromatic amines is 1.